The van der Waals surface area contributed by atoms with Crippen molar-refractivity contribution < 1.29 is 28.2 Å². The fraction of sp³-hybridized carbons (Fsp3) is 0.133. The van der Waals surface area contributed by atoms with Crippen LogP contribution in [0, 0.1) is 0 Å². The fourth-order valence-electron chi connectivity index (χ4n) is 1.94. The third kappa shape index (κ3) is 3.53. The Morgan fingerprint density at radius 3 is 2.19 bits per heavy atom. The minimum atomic E-state index is -4.42. The van der Waals surface area contributed by atoms with Gasteiger partial charge in [-0.05, 0) is 35.4 Å². The molecule has 0 aromatic heterocycles. The molecule has 0 saturated heterocycles. The predicted molar refractivity (Wildman–Crippen MR) is 69.9 cm³/mol. The summed E-state index contributed by atoms with van der Waals surface area (Å²) in [4.78, 5) is 10.7. The number of benzene rings is 2. The van der Waals surface area contributed by atoms with E-state index in [9.17, 15) is 23.1 Å². The standard InChI is InChI=1S/C15H11F3O3/c16-15(17,18)11-4-2-10(3-5-11)12-7-9(8-14(20)21)1-6-13(12)19/h1-7,19H,8H2,(H,20,21). The molecular formula is C15H11F3O3. The van der Waals surface area contributed by atoms with Gasteiger partial charge in [0.15, 0.2) is 0 Å². The van der Waals surface area contributed by atoms with Gasteiger partial charge in [0, 0.05) is 5.56 Å². The van der Waals surface area contributed by atoms with E-state index in [1.54, 1.807) is 0 Å². The van der Waals surface area contributed by atoms with Gasteiger partial charge in [-0.15, -0.1) is 0 Å². The quantitative estimate of drug-likeness (QED) is 0.908. The van der Waals surface area contributed by atoms with E-state index in [-0.39, 0.29) is 12.2 Å². The minimum Gasteiger partial charge on any atom is -0.507 e. The maximum Gasteiger partial charge on any atom is 0.416 e. The van der Waals surface area contributed by atoms with E-state index < -0.39 is 17.7 Å². The molecule has 2 aromatic rings. The summed E-state index contributed by atoms with van der Waals surface area (Å²) in [6.45, 7) is 0. The normalized spacial score (nSPS) is 11.4. The molecule has 3 nitrogen and oxygen atoms in total. The van der Waals surface area contributed by atoms with Crippen molar-refractivity contribution >= 4 is 5.97 Å². The van der Waals surface area contributed by atoms with E-state index in [1.807, 2.05) is 0 Å². The molecule has 0 fully saturated rings. The highest BCUT2D eigenvalue weighted by Gasteiger charge is 2.30. The first kappa shape index (κ1) is 14.9. The van der Waals surface area contributed by atoms with E-state index >= 15 is 0 Å². The number of carbonyl (C=O) groups is 1. The van der Waals surface area contributed by atoms with Crippen LogP contribution in [0.25, 0.3) is 11.1 Å². The molecule has 0 unspecified atom stereocenters. The highest BCUT2D eigenvalue weighted by atomic mass is 19.4. The van der Waals surface area contributed by atoms with Crippen LogP contribution in [0.15, 0.2) is 42.5 Å². The van der Waals surface area contributed by atoms with Crippen molar-refractivity contribution in [1.82, 2.24) is 0 Å². The van der Waals surface area contributed by atoms with Crippen molar-refractivity contribution in [2.45, 2.75) is 12.6 Å². The zero-order valence-electron chi connectivity index (χ0n) is 10.7. The number of rotatable bonds is 3. The molecule has 0 aliphatic rings. The summed E-state index contributed by atoms with van der Waals surface area (Å²) in [5.74, 6) is -1.15. The van der Waals surface area contributed by atoms with Gasteiger partial charge in [0.25, 0.3) is 0 Å². The van der Waals surface area contributed by atoms with Crippen molar-refractivity contribution in [3.63, 3.8) is 0 Å². The average molecular weight is 296 g/mol. The number of phenols is 1. The van der Waals surface area contributed by atoms with Crippen LogP contribution in [-0.2, 0) is 17.4 Å². The van der Waals surface area contributed by atoms with Crippen LogP contribution in [-0.4, -0.2) is 16.2 Å². The third-order valence-electron chi connectivity index (χ3n) is 2.94. The molecule has 0 bridgehead atoms. The van der Waals surface area contributed by atoms with E-state index in [0.29, 0.717) is 16.7 Å². The Hall–Kier alpha value is -2.50. The van der Waals surface area contributed by atoms with Gasteiger partial charge in [0.1, 0.15) is 5.75 Å². The molecule has 0 aliphatic carbocycles. The monoisotopic (exact) mass is 296 g/mol. The lowest BCUT2D eigenvalue weighted by molar-refractivity contribution is -0.138. The van der Waals surface area contributed by atoms with Crippen LogP contribution >= 0.6 is 0 Å². The van der Waals surface area contributed by atoms with Crippen molar-refractivity contribution in [2.75, 3.05) is 0 Å². The topological polar surface area (TPSA) is 57.5 Å². The summed E-state index contributed by atoms with van der Waals surface area (Å²) in [6, 6.07) is 8.54. The Morgan fingerprint density at radius 1 is 1.05 bits per heavy atom. The number of carboxylic acids is 1. The molecule has 110 valence electrons. The second kappa shape index (κ2) is 5.47. The van der Waals surface area contributed by atoms with Gasteiger partial charge in [-0.1, -0.05) is 18.2 Å². The SMILES string of the molecule is O=C(O)Cc1ccc(O)c(-c2ccc(C(F)(F)F)cc2)c1. The van der Waals surface area contributed by atoms with Gasteiger partial charge in [-0.2, -0.15) is 13.2 Å². The second-order valence-corrected chi connectivity index (χ2v) is 4.50. The second-order valence-electron chi connectivity index (χ2n) is 4.50. The third-order valence-corrected chi connectivity index (χ3v) is 2.94. The van der Waals surface area contributed by atoms with Crippen LogP contribution in [0.1, 0.15) is 11.1 Å². The van der Waals surface area contributed by atoms with Gasteiger partial charge in [0.05, 0.1) is 12.0 Å². The number of hydrogen-bond acceptors (Lipinski definition) is 2. The molecule has 0 spiro atoms. The number of phenolic OH excluding ortho intramolecular Hbond substituents is 1. The van der Waals surface area contributed by atoms with Gasteiger partial charge in [0.2, 0.25) is 0 Å². The molecule has 2 aromatic carbocycles. The minimum absolute atomic E-state index is 0.121. The van der Waals surface area contributed by atoms with Crippen molar-refractivity contribution in [1.29, 1.82) is 0 Å². The summed E-state index contributed by atoms with van der Waals surface area (Å²) in [5.41, 5.74) is 0.345. The number of carboxylic acid groups (broad SMARTS) is 1. The maximum absolute atomic E-state index is 12.5. The molecule has 0 aliphatic heterocycles. The number of halogens is 3. The summed E-state index contributed by atoms with van der Waals surface area (Å²) in [7, 11) is 0. The molecule has 6 heteroatoms. The largest absolute Gasteiger partial charge is 0.507 e. The average Bonchev–Trinajstić information content (AvgIpc) is 2.39. The van der Waals surface area contributed by atoms with Gasteiger partial charge < -0.3 is 10.2 Å². The van der Waals surface area contributed by atoms with Gasteiger partial charge >= 0.3 is 12.1 Å². The van der Waals surface area contributed by atoms with Crippen molar-refractivity contribution in [3.05, 3.63) is 53.6 Å². The van der Waals surface area contributed by atoms with Crippen molar-refractivity contribution in [3.8, 4) is 16.9 Å². The number of aromatic hydroxyl groups is 1. The Morgan fingerprint density at radius 2 is 1.67 bits per heavy atom. The van der Waals surface area contributed by atoms with Crippen LogP contribution < -0.4 is 0 Å². The van der Waals surface area contributed by atoms with E-state index in [0.717, 1.165) is 12.1 Å². The first-order valence-corrected chi connectivity index (χ1v) is 5.98. The summed E-state index contributed by atoms with van der Waals surface area (Å²) < 4.78 is 37.5. The zero-order chi connectivity index (χ0) is 15.6. The van der Waals surface area contributed by atoms with Crippen LogP contribution in [0.4, 0.5) is 13.2 Å². The van der Waals surface area contributed by atoms with E-state index in [1.165, 1.54) is 30.3 Å². The number of alkyl halides is 3. The van der Waals surface area contributed by atoms with Gasteiger partial charge in [-0.3, -0.25) is 4.79 Å². The highest BCUT2D eigenvalue weighted by molar-refractivity contribution is 5.74. The lowest BCUT2D eigenvalue weighted by Crippen LogP contribution is -2.04. The summed E-state index contributed by atoms with van der Waals surface area (Å²) in [6.07, 6.45) is -4.65. The first-order chi connectivity index (χ1) is 9.77. The molecule has 2 rings (SSSR count). The van der Waals surface area contributed by atoms with E-state index in [4.69, 9.17) is 5.11 Å². The van der Waals surface area contributed by atoms with Gasteiger partial charge in [-0.25, -0.2) is 0 Å². The van der Waals surface area contributed by atoms with Crippen molar-refractivity contribution in [2.24, 2.45) is 0 Å². The highest BCUT2D eigenvalue weighted by Crippen LogP contribution is 2.34. The smallest absolute Gasteiger partial charge is 0.416 e. The predicted octanol–water partition coefficient (Wildman–Crippen LogP) is 3.71. The molecular weight excluding hydrogens is 285 g/mol. The zero-order valence-corrected chi connectivity index (χ0v) is 10.7. The Kier molecular flexibility index (Phi) is 3.88. The Labute approximate surface area is 118 Å². The summed E-state index contributed by atoms with van der Waals surface area (Å²) >= 11 is 0. The molecule has 0 saturated carbocycles. The number of hydrogen-bond donors (Lipinski definition) is 2. The number of aliphatic carboxylic acids is 1. The molecule has 2 N–H and O–H groups in total. The Bertz CT molecular complexity index is 661. The Balaban J connectivity index is 2.39. The molecule has 0 atom stereocenters. The van der Waals surface area contributed by atoms with Crippen LogP contribution in [0.5, 0.6) is 5.75 Å². The van der Waals surface area contributed by atoms with Crippen LogP contribution in [0.2, 0.25) is 0 Å². The fourth-order valence-corrected chi connectivity index (χ4v) is 1.94. The molecule has 0 amide bonds. The lowest BCUT2D eigenvalue weighted by Gasteiger charge is -2.10. The summed E-state index contributed by atoms with van der Waals surface area (Å²) in [5, 5.41) is 18.5. The molecule has 0 radical (unpaired) electrons. The molecule has 0 heterocycles. The first-order valence-electron chi connectivity index (χ1n) is 5.98. The van der Waals surface area contributed by atoms with Crippen LogP contribution in [0.3, 0.4) is 0 Å². The van der Waals surface area contributed by atoms with E-state index in [2.05, 4.69) is 0 Å². The maximum atomic E-state index is 12.5. The lowest BCUT2D eigenvalue weighted by atomic mass is 9.99. The molecule has 21 heavy (non-hydrogen) atoms.